The molecule has 1 fully saturated rings. The molecule has 0 radical (unpaired) electrons. The van der Waals surface area contributed by atoms with Crippen molar-refractivity contribution in [3.05, 3.63) is 23.8 Å². The van der Waals surface area contributed by atoms with Crippen LogP contribution in [0.15, 0.2) is 23.1 Å². The number of β-amino-alcohol motifs (C(OH)–C–C–N with tert-alkyl or cyclic N) is 1. The average Bonchev–Trinajstić information content (AvgIpc) is 2.75. The Kier molecular flexibility index (Phi) is 8.57. The number of likely N-dealkylation sites (tertiary alicyclic amines) is 1. The van der Waals surface area contributed by atoms with E-state index in [1.807, 2.05) is 29.0 Å². The van der Waals surface area contributed by atoms with Crippen molar-refractivity contribution in [2.75, 3.05) is 46.4 Å². The second kappa shape index (κ2) is 10.7. The number of likely N-dealkylation sites (N-methyl/N-ethyl adjacent to an activating group) is 1. The van der Waals surface area contributed by atoms with Gasteiger partial charge in [-0.3, -0.25) is 4.79 Å². The summed E-state index contributed by atoms with van der Waals surface area (Å²) >= 11 is 0. The Morgan fingerprint density at radius 2 is 1.91 bits per heavy atom. The van der Waals surface area contributed by atoms with Crippen LogP contribution < -0.4 is 9.46 Å². The summed E-state index contributed by atoms with van der Waals surface area (Å²) < 4.78 is 35.0. The van der Waals surface area contributed by atoms with Gasteiger partial charge in [-0.15, -0.1) is 0 Å². The molecule has 1 atom stereocenters. The van der Waals surface area contributed by atoms with Crippen molar-refractivity contribution in [3.8, 4) is 5.75 Å². The highest BCUT2D eigenvalue weighted by molar-refractivity contribution is 7.89. The van der Waals surface area contributed by atoms with Crippen molar-refractivity contribution in [1.82, 2.24) is 14.5 Å². The Hall–Kier alpha value is -1.68. The Morgan fingerprint density at radius 1 is 1.26 bits per heavy atom. The number of carbonyl (C=O) groups is 1. The number of aliphatic hydroxyl groups is 1. The summed E-state index contributed by atoms with van der Waals surface area (Å²) in [6.45, 7) is 12.9. The number of aliphatic hydroxyl groups excluding tert-OH is 1. The summed E-state index contributed by atoms with van der Waals surface area (Å²) in [6, 6.07) is 5.23. The molecular weight excluding hydrogens is 466 g/mol. The lowest BCUT2D eigenvalue weighted by Crippen LogP contribution is -2.51. The molecule has 35 heavy (non-hydrogen) atoms. The molecule has 0 aliphatic carbocycles. The zero-order valence-corrected chi connectivity index (χ0v) is 23.0. The molecule has 1 aromatic carbocycles. The van der Waals surface area contributed by atoms with Crippen LogP contribution in [0.2, 0.25) is 0 Å². The first kappa shape index (κ1) is 27.9. The van der Waals surface area contributed by atoms with Gasteiger partial charge in [0.05, 0.1) is 12.7 Å². The molecule has 0 bridgehead atoms. The van der Waals surface area contributed by atoms with E-state index >= 15 is 0 Å². The van der Waals surface area contributed by atoms with Crippen molar-refractivity contribution in [2.24, 2.45) is 10.8 Å². The number of hydrogen-bond acceptors (Lipinski definition) is 6. The smallest absolute Gasteiger partial charge is 0.244 e. The molecule has 1 saturated heterocycles. The zero-order chi connectivity index (χ0) is 26.0. The average molecular weight is 510 g/mol. The first-order valence-electron chi connectivity index (χ1n) is 12.6. The molecule has 0 aromatic heterocycles. The molecule has 1 amide bonds. The minimum atomic E-state index is -3.85. The fourth-order valence-corrected chi connectivity index (χ4v) is 6.14. The Balaban J connectivity index is 1.89. The Labute approximate surface area is 211 Å². The summed E-state index contributed by atoms with van der Waals surface area (Å²) in [6.07, 6.45) is 1.19. The summed E-state index contributed by atoms with van der Waals surface area (Å²) in [4.78, 5) is 16.9. The van der Waals surface area contributed by atoms with E-state index in [0.29, 0.717) is 45.0 Å². The van der Waals surface area contributed by atoms with Crippen LogP contribution in [0.5, 0.6) is 5.75 Å². The summed E-state index contributed by atoms with van der Waals surface area (Å²) in [5, 5.41) is 10.5. The van der Waals surface area contributed by atoms with Gasteiger partial charge in [-0.1, -0.05) is 40.7 Å². The summed E-state index contributed by atoms with van der Waals surface area (Å²) in [5.74, 6) is 0.737. The maximum absolute atomic E-state index is 13.1. The molecule has 1 spiro atoms. The largest absolute Gasteiger partial charge is 0.492 e. The van der Waals surface area contributed by atoms with E-state index in [1.54, 1.807) is 6.07 Å². The molecule has 1 aromatic rings. The molecule has 198 valence electrons. The minimum absolute atomic E-state index is 0.0593. The van der Waals surface area contributed by atoms with Crippen molar-refractivity contribution in [2.45, 2.75) is 70.8 Å². The van der Waals surface area contributed by atoms with Gasteiger partial charge in [0.2, 0.25) is 15.9 Å². The topological polar surface area (TPSA) is 99.2 Å². The summed E-state index contributed by atoms with van der Waals surface area (Å²) in [5.41, 5.74) is 0.685. The number of piperidine rings is 1. The number of sulfonamides is 1. The molecule has 9 heteroatoms. The highest BCUT2D eigenvalue weighted by Gasteiger charge is 2.39. The van der Waals surface area contributed by atoms with Crippen molar-refractivity contribution in [1.29, 1.82) is 0 Å². The number of nitrogens with zero attached hydrogens (tertiary/aromatic N) is 2. The molecule has 2 aliphatic rings. The molecule has 2 aliphatic heterocycles. The van der Waals surface area contributed by atoms with E-state index in [2.05, 4.69) is 39.3 Å². The highest BCUT2D eigenvalue weighted by Crippen LogP contribution is 2.36. The maximum Gasteiger partial charge on any atom is 0.244 e. The second-order valence-corrected chi connectivity index (χ2v) is 13.7. The molecule has 2 N–H and O–H groups in total. The second-order valence-electron chi connectivity index (χ2n) is 12.0. The van der Waals surface area contributed by atoms with Gasteiger partial charge in [-0.05, 0) is 48.9 Å². The molecule has 1 unspecified atom stereocenters. The monoisotopic (exact) mass is 509 g/mol. The van der Waals surface area contributed by atoms with Crippen LogP contribution in [0.3, 0.4) is 0 Å². The molecular formula is C26H43N3O5S. The SMILES string of the molecule is CC(C)c1ccc2c(c1)OCC1(CCN(C(=O)CC(C)(C)C)CC1)CN(C)CC(O)CNS2(=O)=O. The summed E-state index contributed by atoms with van der Waals surface area (Å²) in [7, 11) is -1.91. The van der Waals surface area contributed by atoms with Crippen LogP contribution in [0.4, 0.5) is 0 Å². The third kappa shape index (κ3) is 7.41. The van der Waals surface area contributed by atoms with Crippen molar-refractivity contribution < 1.29 is 23.1 Å². The van der Waals surface area contributed by atoms with Crippen LogP contribution in [0.25, 0.3) is 0 Å². The van der Waals surface area contributed by atoms with Gasteiger partial charge in [-0.25, -0.2) is 13.1 Å². The van der Waals surface area contributed by atoms with Crippen molar-refractivity contribution >= 4 is 15.9 Å². The van der Waals surface area contributed by atoms with Gasteiger partial charge in [-0.2, -0.15) is 0 Å². The molecule has 0 saturated carbocycles. The van der Waals surface area contributed by atoms with E-state index in [1.165, 1.54) is 0 Å². The fourth-order valence-electron chi connectivity index (χ4n) is 4.94. The molecule has 8 nitrogen and oxygen atoms in total. The van der Waals surface area contributed by atoms with E-state index in [4.69, 9.17) is 4.74 Å². The highest BCUT2D eigenvalue weighted by atomic mass is 32.2. The van der Waals surface area contributed by atoms with Gasteiger partial charge < -0.3 is 19.6 Å². The van der Waals surface area contributed by atoms with Crippen LogP contribution in [0, 0.1) is 10.8 Å². The van der Waals surface area contributed by atoms with Crippen LogP contribution in [0.1, 0.15) is 65.4 Å². The number of nitrogens with one attached hydrogen (secondary N) is 1. The third-order valence-corrected chi connectivity index (χ3v) is 8.42. The minimum Gasteiger partial charge on any atom is -0.492 e. The number of rotatable bonds is 2. The first-order chi connectivity index (χ1) is 16.2. The van der Waals surface area contributed by atoms with Gasteiger partial charge >= 0.3 is 0 Å². The number of ether oxygens (including phenoxy) is 1. The maximum atomic E-state index is 13.1. The van der Waals surface area contributed by atoms with Crippen molar-refractivity contribution in [3.63, 3.8) is 0 Å². The van der Waals surface area contributed by atoms with Crippen LogP contribution in [-0.4, -0.2) is 81.7 Å². The van der Waals surface area contributed by atoms with Gasteiger partial charge in [0.1, 0.15) is 10.6 Å². The van der Waals surface area contributed by atoms with Gasteiger partial charge in [0, 0.05) is 44.6 Å². The lowest BCUT2D eigenvalue weighted by Gasteiger charge is -2.44. The number of benzene rings is 1. The number of amides is 1. The normalized spacial score (nSPS) is 23.8. The van der Waals surface area contributed by atoms with E-state index in [9.17, 15) is 18.3 Å². The molecule has 2 heterocycles. The van der Waals surface area contributed by atoms with Crippen LogP contribution in [-0.2, 0) is 14.8 Å². The standard InChI is InChI=1S/C26H43N3O5S/c1-19(2)20-7-8-23-22(13-20)34-18-26(17-28(6)16-21(30)15-27-35(23,32)33)9-11-29(12-10-26)24(31)14-25(3,4)5/h7-8,13,19,21,27,30H,9-12,14-18H2,1-6H3. The van der Waals surface area contributed by atoms with E-state index in [0.717, 1.165) is 18.4 Å². The Morgan fingerprint density at radius 3 is 2.51 bits per heavy atom. The third-order valence-electron chi connectivity index (χ3n) is 6.95. The first-order valence-corrected chi connectivity index (χ1v) is 14.1. The Bertz CT molecular complexity index is 995. The lowest BCUT2D eigenvalue weighted by atomic mass is 9.78. The van der Waals surface area contributed by atoms with E-state index < -0.39 is 16.1 Å². The zero-order valence-electron chi connectivity index (χ0n) is 22.1. The van der Waals surface area contributed by atoms with E-state index in [-0.39, 0.29) is 34.1 Å². The predicted molar refractivity (Wildman–Crippen MR) is 137 cm³/mol. The quantitative estimate of drug-likeness (QED) is 0.636. The number of carbonyl (C=O) groups excluding carboxylic acids is 1. The van der Waals surface area contributed by atoms with Gasteiger partial charge in [0.15, 0.2) is 0 Å². The predicted octanol–water partition coefficient (Wildman–Crippen LogP) is 2.82. The lowest BCUT2D eigenvalue weighted by molar-refractivity contribution is -0.136. The number of hydrogen-bond donors (Lipinski definition) is 2. The molecule has 3 rings (SSSR count). The van der Waals surface area contributed by atoms with Gasteiger partial charge in [0.25, 0.3) is 0 Å². The van der Waals surface area contributed by atoms with Crippen LogP contribution >= 0.6 is 0 Å². The fraction of sp³-hybridized carbons (Fsp3) is 0.731. The number of fused-ring (bicyclic) bond motifs is 1.